The Balaban J connectivity index is 1.42. The van der Waals surface area contributed by atoms with E-state index < -0.39 is 11.6 Å². The molecule has 2 N–H and O–H groups in total. The Morgan fingerprint density at radius 1 is 1.12 bits per heavy atom. The molecule has 1 aliphatic carbocycles. The number of benzene rings is 1. The van der Waals surface area contributed by atoms with Crippen molar-refractivity contribution in [2.24, 2.45) is 5.92 Å². The Morgan fingerprint density at radius 3 is 2.53 bits per heavy atom. The molecule has 3 aliphatic rings. The molecule has 8 heteroatoms. The summed E-state index contributed by atoms with van der Waals surface area (Å²) in [5.41, 5.74) is 2.88. The summed E-state index contributed by atoms with van der Waals surface area (Å²) in [6.45, 7) is 3.10. The predicted octanol–water partition coefficient (Wildman–Crippen LogP) is 3.14. The van der Waals surface area contributed by atoms with Crippen LogP contribution in [0.15, 0.2) is 24.3 Å². The number of nitrogens with zero attached hydrogens (tertiary/aromatic N) is 2. The monoisotopic (exact) mass is 442 g/mol. The van der Waals surface area contributed by atoms with Crippen molar-refractivity contribution in [3.63, 3.8) is 0 Å². The molecule has 4 amide bonds. The lowest BCUT2D eigenvalue weighted by Gasteiger charge is -2.33. The number of nitrogens with one attached hydrogen (secondary N) is 2. The van der Waals surface area contributed by atoms with Crippen LogP contribution in [0.25, 0.3) is 0 Å². The molecule has 8 nitrogen and oxygen atoms in total. The van der Waals surface area contributed by atoms with Gasteiger partial charge in [-0.1, -0.05) is 31.9 Å². The van der Waals surface area contributed by atoms with Crippen LogP contribution in [0, 0.1) is 5.92 Å². The standard InChI is InChI=1S/C24H34N4O4/c1-17-11-13-24(14-12-17)22(30)28(23(31)25-24)26-21(29)16-27-15-5-3-4-6-20(27)18-7-9-19(32-2)10-8-18/h7-10,17,20H,3-6,11-16H2,1-2H3,(H,25,31)(H,26,29)/t17?,20-,24?/m1/s1. The fourth-order valence-corrected chi connectivity index (χ4v) is 5.22. The number of urea groups is 1. The maximum atomic E-state index is 13.0. The van der Waals surface area contributed by atoms with E-state index in [2.05, 4.69) is 22.6 Å². The van der Waals surface area contributed by atoms with Gasteiger partial charge in [-0.3, -0.25) is 19.9 Å². The van der Waals surface area contributed by atoms with Crippen LogP contribution < -0.4 is 15.5 Å². The van der Waals surface area contributed by atoms with E-state index in [0.717, 1.165) is 61.4 Å². The lowest BCUT2D eigenvalue weighted by molar-refractivity contribution is -0.140. The summed E-state index contributed by atoms with van der Waals surface area (Å²) >= 11 is 0. The maximum Gasteiger partial charge on any atom is 0.344 e. The summed E-state index contributed by atoms with van der Waals surface area (Å²) in [7, 11) is 1.64. The highest BCUT2D eigenvalue weighted by Crippen LogP contribution is 2.36. The van der Waals surface area contributed by atoms with Gasteiger partial charge in [0, 0.05) is 6.04 Å². The summed E-state index contributed by atoms with van der Waals surface area (Å²) in [6, 6.07) is 7.56. The van der Waals surface area contributed by atoms with Crippen LogP contribution in [0.2, 0.25) is 0 Å². The lowest BCUT2D eigenvalue weighted by Crippen LogP contribution is -2.53. The largest absolute Gasteiger partial charge is 0.497 e. The smallest absolute Gasteiger partial charge is 0.344 e. The van der Waals surface area contributed by atoms with Crippen LogP contribution in [0.1, 0.15) is 69.9 Å². The molecule has 174 valence electrons. The molecule has 1 atom stereocenters. The molecule has 1 aromatic carbocycles. The minimum absolute atomic E-state index is 0.114. The average molecular weight is 443 g/mol. The molecule has 4 rings (SSSR count). The highest BCUT2D eigenvalue weighted by atomic mass is 16.5. The van der Waals surface area contributed by atoms with Gasteiger partial charge in [-0.25, -0.2) is 4.79 Å². The zero-order valence-electron chi connectivity index (χ0n) is 19.1. The summed E-state index contributed by atoms with van der Waals surface area (Å²) < 4.78 is 5.27. The number of carbonyl (C=O) groups is 3. The number of hydrogen-bond donors (Lipinski definition) is 2. The van der Waals surface area contributed by atoms with Gasteiger partial charge in [-0.2, -0.15) is 5.01 Å². The minimum Gasteiger partial charge on any atom is -0.497 e. The summed E-state index contributed by atoms with van der Waals surface area (Å²) in [6.07, 6.45) is 7.24. The summed E-state index contributed by atoms with van der Waals surface area (Å²) in [4.78, 5) is 40.6. The molecule has 0 radical (unpaired) electrons. The van der Waals surface area contributed by atoms with E-state index in [4.69, 9.17) is 4.74 Å². The molecule has 0 aromatic heterocycles. The molecule has 0 bridgehead atoms. The Labute approximate surface area is 189 Å². The van der Waals surface area contributed by atoms with E-state index in [1.807, 2.05) is 24.3 Å². The second-order valence-electron chi connectivity index (χ2n) is 9.48. The van der Waals surface area contributed by atoms with Gasteiger partial charge < -0.3 is 10.1 Å². The van der Waals surface area contributed by atoms with Gasteiger partial charge >= 0.3 is 6.03 Å². The molecule has 3 fully saturated rings. The van der Waals surface area contributed by atoms with Gasteiger partial charge in [-0.15, -0.1) is 0 Å². The second kappa shape index (κ2) is 9.48. The van der Waals surface area contributed by atoms with Gasteiger partial charge in [0.25, 0.3) is 11.8 Å². The lowest BCUT2D eigenvalue weighted by atomic mass is 9.77. The van der Waals surface area contributed by atoms with Crippen molar-refractivity contribution in [2.75, 3.05) is 20.2 Å². The Hall–Kier alpha value is -2.61. The molecular weight excluding hydrogens is 408 g/mol. The molecule has 32 heavy (non-hydrogen) atoms. The van der Waals surface area contributed by atoms with Crippen LogP contribution in [0.4, 0.5) is 4.79 Å². The van der Waals surface area contributed by atoms with Gasteiger partial charge in [0.05, 0.1) is 13.7 Å². The minimum atomic E-state index is -0.856. The Bertz CT molecular complexity index is 848. The fraction of sp³-hybridized carbons (Fsp3) is 0.625. The van der Waals surface area contributed by atoms with E-state index in [-0.39, 0.29) is 24.4 Å². The van der Waals surface area contributed by atoms with Gasteiger partial charge in [0.2, 0.25) is 0 Å². The van der Waals surface area contributed by atoms with Gasteiger partial charge in [0.1, 0.15) is 11.3 Å². The van der Waals surface area contributed by atoms with Crippen LogP contribution in [-0.2, 0) is 9.59 Å². The molecule has 2 aliphatic heterocycles. The predicted molar refractivity (Wildman–Crippen MR) is 120 cm³/mol. The highest BCUT2D eigenvalue weighted by molar-refractivity contribution is 6.08. The third kappa shape index (κ3) is 4.60. The second-order valence-corrected chi connectivity index (χ2v) is 9.48. The number of imide groups is 1. The van der Waals surface area contributed by atoms with Crippen LogP contribution in [0.5, 0.6) is 5.75 Å². The molecule has 1 spiro atoms. The molecule has 1 aromatic rings. The third-order valence-corrected chi connectivity index (χ3v) is 7.24. The number of amides is 4. The van der Waals surface area contributed by atoms with E-state index >= 15 is 0 Å². The normalized spacial score (nSPS) is 29.0. The van der Waals surface area contributed by atoms with Crippen LogP contribution >= 0.6 is 0 Å². The molecule has 0 unspecified atom stereocenters. The topological polar surface area (TPSA) is 91.0 Å². The number of hydrogen-bond acceptors (Lipinski definition) is 5. The van der Waals surface area contributed by atoms with Crippen molar-refractivity contribution >= 4 is 17.8 Å². The quantitative estimate of drug-likeness (QED) is 0.684. The van der Waals surface area contributed by atoms with Crippen LogP contribution in [-0.4, -0.2) is 53.5 Å². The maximum absolute atomic E-state index is 13.0. The Kier molecular flexibility index (Phi) is 6.69. The number of ether oxygens (including phenoxy) is 1. The molecular formula is C24H34N4O4. The Morgan fingerprint density at radius 2 is 1.84 bits per heavy atom. The number of rotatable bonds is 5. The molecule has 1 saturated carbocycles. The van der Waals surface area contributed by atoms with Gasteiger partial charge in [0.15, 0.2) is 0 Å². The van der Waals surface area contributed by atoms with E-state index in [1.165, 1.54) is 0 Å². The number of likely N-dealkylation sites (tertiary alicyclic amines) is 1. The van der Waals surface area contributed by atoms with Crippen molar-refractivity contribution < 1.29 is 19.1 Å². The highest BCUT2D eigenvalue weighted by Gasteiger charge is 2.53. The number of carbonyl (C=O) groups excluding carboxylic acids is 3. The average Bonchev–Trinajstić information content (AvgIpc) is 2.94. The summed E-state index contributed by atoms with van der Waals surface area (Å²) in [5, 5.41) is 3.75. The first-order valence-electron chi connectivity index (χ1n) is 11.8. The zero-order valence-corrected chi connectivity index (χ0v) is 19.1. The van der Waals surface area contributed by atoms with Gasteiger partial charge in [-0.05, 0) is 68.7 Å². The van der Waals surface area contributed by atoms with E-state index in [9.17, 15) is 14.4 Å². The van der Waals surface area contributed by atoms with Crippen molar-refractivity contribution in [1.29, 1.82) is 0 Å². The van der Waals surface area contributed by atoms with Crippen LogP contribution in [0.3, 0.4) is 0 Å². The SMILES string of the molecule is COc1ccc([C@H]2CCCCCN2CC(=O)NN2C(=O)NC3(CCC(C)CC3)C2=O)cc1. The first-order chi connectivity index (χ1) is 15.4. The molecule has 2 saturated heterocycles. The van der Waals surface area contributed by atoms with Crippen molar-refractivity contribution in [3.05, 3.63) is 29.8 Å². The number of methoxy groups -OCH3 is 1. The van der Waals surface area contributed by atoms with Crippen molar-refractivity contribution in [2.45, 2.75) is 69.9 Å². The first-order valence-corrected chi connectivity index (χ1v) is 11.8. The zero-order chi connectivity index (χ0) is 22.7. The first kappa shape index (κ1) is 22.6. The fourth-order valence-electron chi connectivity index (χ4n) is 5.22. The van der Waals surface area contributed by atoms with E-state index in [0.29, 0.717) is 18.8 Å². The summed E-state index contributed by atoms with van der Waals surface area (Å²) in [5.74, 6) is 0.684. The third-order valence-electron chi connectivity index (χ3n) is 7.24. The molecule has 2 heterocycles. The van der Waals surface area contributed by atoms with Crippen molar-refractivity contribution in [3.8, 4) is 5.75 Å². The number of hydrazine groups is 1. The van der Waals surface area contributed by atoms with Crippen molar-refractivity contribution in [1.82, 2.24) is 20.7 Å². The van der Waals surface area contributed by atoms with E-state index in [1.54, 1.807) is 7.11 Å².